The zero-order valence-electron chi connectivity index (χ0n) is 16.5. The fraction of sp³-hybridized carbons (Fsp3) is 0.455. The molecule has 1 aliphatic heterocycles. The van der Waals surface area contributed by atoms with Gasteiger partial charge in [-0.05, 0) is 24.1 Å². The number of hydrogen-bond donors (Lipinski definition) is 0. The molecule has 2 aromatic rings. The van der Waals surface area contributed by atoms with E-state index in [1.54, 1.807) is 6.20 Å². The van der Waals surface area contributed by atoms with E-state index in [9.17, 15) is 4.79 Å². The highest BCUT2D eigenvalue weighted by Gasteiger charge is 2.22. The number of carbonyl (C=O) groups excluding carboxylic acids is 1. The van der Waals surface area contributed by atoms with Crippen molar-refractivity contribution in [2.45, 2.75) is 26.3 Å². The molecule has 0 radical (unpaired) electrons. The van der Waals surface area contributed by atoms with Gasteiger partial charge in [0.2, 0.25) is 0 Å². The zero-order chi connectivity index (χ0) is 19.1. The van der Waals surface area contributed by atoms with Crippen molar-refractivity contribution >= 4 is 11.7 Å². The van der Waals surface area contributed by atoms with Crippen molar-refractivity contribution in [3.05, 3.63) is 59.8 Å². The average Bonchev–Trinajstić information content (AvgIpc) is 2.73. The molecule has 0 N–H and O–H groups in total. The number of nitrogens with zero attached hydrogens (tertiary/aromatic N) is 4. The minimum atomic E-state index is 0.113. The molecule has 144 valence electrons. The summed E-state index contributed by atoms with van der Waals surface area (Å²) in [5.74, 6) is 0.985. The molecule has 5 nitrogen and oxygen atoms in total. The van der Waals surface area contributed by atoms with Gasteiger partial charge >= 0.3 is 0 Å². The summed E-state index contributed by atoms with van der Waals surface area (Å²) in [6.07, 6.45) is 4.02. The van der Waals surface area contributed by atoms with E-state index in [2.05, 4.69) is 46.0 Å². The first kappa shape index (κ1) is 19.4. The highest BCUT2D eigenvalue weighted by molar-refractivity contribution is 5.95. The maximum atomic E-state index is 12.9. The molecule has 5 heteroatoms. The Morgan fingerprint density at radius 3 is 2.56 bits per heavy atom. The topological polar surface area (TPSA) is 39.7 Å². The summed E-state index contributed by atoms with van der Waals surface area (Å²) in [4.78, 5) is 23.8. The third-order valence-electron chi connectivity index (χ3n) is 5.14. The highest BCUT2D eigenvalue weighted by Crippen LogP contribution is 2.16. The first-order chi connectivity index (χ1) is 13.2. The number of benzene rings is 1. The van der Waals surface area contributed by atoms with Crippen LogP contribution < -0.4 is 4.90 Å². The Labute approximate surface area is 162 Å². The molecule has 2 heterocycles. The second kappa shape index (κ2) is 9.51. The van der Waals surface area contributed by atoms with Crippen LogP contribution in [0.4, 0.5) is 5.82 Å². The van der Waals surface area contributed by atoms with Crippen LogP contribution >= 0.6 is 0 Å². The first-order valence-electron chi connectivity index (χ1n) is 9.90. The molecule has 1 aromatic heterocycles. The zero-order valence-corrected chi connectivity index (χ0v) is 16.5. The van der Waals surface area contributed by atoms with Gasteiger partial charge in [-0.15, -0.1) is 0 Å². The number of carbonyl (C=O) groups is 1. The number of pyridine rings is 1. The van der Waals surface area contributed by atoms with Gasteiger partial charge in [-0.3, -0.25) is 9.69 Å². The number of rotatable bonds is 7. The molecule has 1 aromatic carbocycles. The van der Waals surface area contributed by atoms with Crippen LogP contribution in [0.2, 0.25) is 0 Å². The summed E-state index contributed by atoms with van der Waals surface area (Å²) in [7, 11) is 2.04. The van der Waals surface area contributed by atoms with Gasteiger partial charge in [-0.2, -0.15) is 0 Å². The van der Waals surface area contributed by atoms with Gasteiger partial charge < -0.3 is 9.80 Å². The predicted octanol–water partition coefficient (Wildman–Crippen LogP) is 3.28. The summed E-state index contributed by atoms with van der Waals surface area (Å²) in [5, 5.41) is 0. The van der Waals surface area contributed by atoms with Gasteiger partial charge in [0.1, 0.15) is 5.82 Å². The van der Waals surface area contributed by atoms with E-state index in [1.165, 1.54) is 5.56 Å². The van der Waals surface area contributed by atoms with Crippen LogP contribution in [0.1, 0.15) is 35.7 Å². The minimum Gasteiger partial charge on any atom is -0.360 e. The van der Waals surface area contributed by atoms with E-state index < -0.39 is 0 Å². The lowest BCUT2D eigenvalue weighted by atomic mass is 10.1. The second-order valence-electron chi connectivity index (χ2n) is 7.23. The van der Waals surface area contributed by atoms with Crippen molar-refractivity contribution in [3.8, 4) is 0 Å². The first-order valence-corrected chi connectivity index (χ1v) is 9.90. The van der Waals surface area contributed by atoms with Crippen molar-refractivity contribution in [2.75, 3.05) is 44.7 Å². The molecule has 0 unspecified atom stereocenters. The van der Waals surface area contributed by atoms with Crippen LogP contribution in [-0.4, -0.2) is 60.5 Å². The lowest BCUT2D eigenvalue weighted by Crippen LogP contribution is -2.48. The van der Waals surface area contributed by atoms with Gasteiger partial charge in [0.25, 0.3) is 5.91 Å². The number of piperazine rings is 1. The normalized spacial score (nSPS) is 15.0. The summed E-state index contributed by atoms with van der Waals surface area (Å²) in [5.41, 5.74) is 2.06. The number of unbranched alkanes of at least 4 members (excludes halogenated alkanes) is 1. The van der Waals surface area contributed by atoms with Crippen LogP contribution in [0.15, 0.2) is 48.7 Å². The van der Waals surface area contributed by atoms with Gasteiger partial charge in [0.15, 0.2) is 0 Å². The van der Waals surface area contributed by atoms with Crippen LogP contribution in [0, 0.1) is 0 Å². The molecule has 1 fully saturated rings. The Kier molecular flexibility index (Phi) is 6.82. The van der Waals surface area contributed by atoms with Gasteiger partial charge in [-0.1, -0.05) is 43.7 Å². The standard InChI is InChI=1S/C22H30N4O/c1-3-4-12-24(2)21-17-20(10-11-23-21)22(27)26-15-13-25(14-16-26)18-19-8-6-5-7-9-19/h5-11,17H,3-4,12-16,18H2,1-2H3. The molecule has 0 spiro atoms. The van der Waals surface area contributed by atoms with Crippen molar-refractivity contribution in [1.82, 2.24) is 14.8 Å². The summed E-state index contributed by atoms with van der Waals surface area (Å²) >= 11 is 0. The van der Waals surface area contributed by atoms with E-state index in [1.807, 2.05) is 30.1 Å². The predicted molar refractivity (Wildman–Crippen MR) is 110 cm³/mol. The second-order valence-corrected chi connectivity index (χ2v) is 7.23. The molecule has 1 saturated heterocycles. The lowest BCUT2D eigenvalue weighted by molar-refractivity contribution is 0.0628. The van der Waals surface area contributed by atoms with E-state index in [0.717, 1.165) is 63.5 Å². The van der Waals surface area contributed by atoms with Gasteiger partial charge in [0, 0.05) is 58.1 Å². The SMILES string of the molecule is CCCCN(C)c1cc(C(=O)N2CCN(Cc3ccccc3)CC2)ccn1. The molecular formula is C22H30N4O. The summed E-state index contributed by atoms with van der Waals surface area (Å²) in [6.45, 7) is 7.45. The molecule has 27 heavy (non-hydrogen) atoms. The third-order valence-corrected chi connectivity index (χ3v) is 5.14. The van der Waals surface area contributed by atoms with Crippen molar-refractivity contribution in [2.24, 2.45) is 0 Å². The molecule has 0 bridgehead atoms. The van der Waals surface area contributed by atoms with E-state index in [4.69, 9.17) is 0 Å². The summed E-state index contributed by atoms with van der Waals surface area (Å²) < 4.78 is 0. The molecule has 0 saturated carbocycles. The van der Waals surface area contributed by atoms with Gasteiger partial charge in [-0.25, -0.2) is 4.98 Å². The minimum absolute atomic E-state index is 0.113. The number of hydrogen-bond acceptors (Lipinski definition) is 4. The van der Waals surface area contributed by atoms with Crippen LogP contribution in [0.3, 0.4) is 0 Å². The number of amides is 1. The maximum Gasteiger partial charge on any atom is 0.254 e. The van der Waals surface area contributed by atoms with Crippen molar-refractivity contribution in [3.63, 3.8) is 0 Å². The number of anilines is 1. The van der Waals surface area contributed by atoms with Crippen LogP contribution in [-0.2, 0) is 6.54 Å². The smallest absolute Gasteiger partial charge is 0.254 e. The van der Waals surface area contributed by atoms with E-state index in [-0.39, 0.29) is 5.91 Å². The largest absolute Gasteiger partial charge is 0.360 e. The van der Waals surface area contributed by atoms with Crippen molar-refractivity contribution in [1.29, 1.82) is 0 Å². The van der Waals surface area contributed by atoms with Crippen LogP contribution in [0.5, 0.6) is 0 Å². The lowest BCUT2D eigenvalue weighted by Gasteiger charge is -2.35. The molecule has 0 aliphatic carbocycles. The molecule has 0 atom stereocenters. The molecular weight excluding hydrogens is 336 g/mol. The fourth-order valence-corrected chi connectivity index (χ4v) is 3.40. The molecule has 3 rings (SSSR count). The third kappa shape index (κ3) is 5.30. The van der Waals surface area contributed by atoms with E-state index in [0.29, 0.717) is 0 Å². The Hall–Kier alpha value is -2.40. The quantitative estimate of drug-likeness (QED) is 0.754. The van der Waals surface area contributed by atoms with Gasteiger partial charge in [0.05, 0.1) is 0 Å². The average molecular weight is 367 g/mol. The monoisotopic (exact) mass is 366 g/mol. The van der Waals surface area contributed by atoms with E-state index >= 15 is 0 Å². The highest BCUT2D eigenvalue weighted by atomic mass is 16.2. The number of aromatic nitrogens is 1. The Morgan fingerprint density at radius 2 is 1.85 bits per heavy atom. The Balaban J connectivity index is 1.56. The fourth-order valence-electron chi connectivity index (χ4n) is 3.40. The Bertz CT molecular complexity index is 726. The maximum absolute atomic E-state index is 12.9. The van der Waals surface area contributed by atoms with Crippen molar-refractivity contribution < 1.29 is 4.79 Å². The Morgan fingerprint density at radius 1 is 1.11 bits per heavy atom. The molecule has 1 amide bonds. The van der Waals surface area contributed by atoms with Crippen LogP contribution in [0.25, 0.3) is 0 Å². The molecule has 1 aliphatic rings. The summed E-state index contributed by atoms with van der Waals surface area (Å²) in [6, 6.07) is 14.3.